The third-order valence-corrected chi connectivity index (χ3v) is 9.50. The van der Waals surface area contributed by atoms with Crippen LogP contribution in [0.3, 0.4) is 0 Å². The molecule has 9 heteroatoms. The number of hydrogen-bond acceptors (Lipinski definition) is 6. The maximum atomic E-state index is 13.9. The summed E-state index contributed by atoms with van der Waals surface area (Å²) in [4.78, 5) is 23.2. The molecule has 7 nitrogen and oxygen atoms in total. The van der Waals surface area contributed by atoms with Crippen molar-refractivity contribution < 1.29 is 17.6 Å². The molecule has 1 amide bonds. The van der Waals surface area contributed by atoms with Gasteiger partial charge in [0.15, 0.2) is 9.84 Å². The van der Waals surface area contributed by atoms with Crippen LogP contribution in [-0.2, 0) is 21.2 Å². The molecule has 220 valence electrons. The van der Waals surface area contributed by atoms with E-state index in [-0.39, 0.29) is 23.6 Å². The number of nitrogens with zero attached hydrogens (tertiary/aromatic N) is 3. The summed E-state index contributed by atoms with van der Waals surface area (Å²) >= 11 is 0. The van der Waals surface area contributed by atoms with Crippen molar-refractivity contribution in [3.63, 3.8) is 0 Å². The monoisotopic (exact) mass is 588 g/mol. The van der Waals surface area contributed by atoms with Crippen LogP contribution < -0.4 is 0 Å². The average molecular weight is 589 g/mol. The molecule has 2 heterocycles. The van der Waals surface area contributed by atoms with Crippen molar-refractivity contribution in [3.05, 3.63) is 95.8 Å². The minimum Gasteiger partial charge on any atom is -0.341 e. The van der Waals surface area contributed by atoms with Gasteiger partial charge in [0.25, 0.3) is 0 Å². The number of hydrogen-bond donors (Lipinski definition) is 1. The predicted molar refractivity (Wildman–Crippen MR) is 164 cm³/mol. The summed E-state index contributed by atoms with van der Waals surface area (Å²) in [5.41, 5.74) is 3.50. The normalized spacial score (nSPS) is 19.5. The zero-order valence-electron chi connectivity index (χ0n) is 23.8. The third kappa shape index (κ3) is 7.20. The molecule has 2 saturated heterocycles. The van der Waals surface area contributed by atoms with Crippen molar-refractivity contribution >= 4 is 33.4 Å². The first-order valence-electron chi connectivity index (χ1n) is 14.4. The molecule has 2 unspecified atom stereocenters. The van der Waals surface area contributed by atoms with E-state index in [0.29, 0.717) is 35.9 Å². The molecular formula is C33H37FN4O3S. The Labute approximate surface area is 247 Å². The molecule has 3 aromatic rings. The van der Waals surface area contributed by atoms with Crippen LogP contribution in [0, 0.1) is 23.1 Å². The van der Waals surface area contributed by atoms with Gasteiger partial charge in [-0.2, -0.15) is 0 Å². The second kappa shape index (κ2) is 13.1. The molecule has 0 spiro atoms. The average Bonchev–Trinajstić information content (AvgIpc) is 3.49. The van der Waals surface area contributed by atoms with E-state index in [1.807, 2.05) is 35.2 Å². The van der Waals surface area contributed by atoms with Gasteiger partial charge in [-0.3, -0.25) is 14.7 Å². The Morgan fingerprint density at radius 1 is 0.976 bits per heavy atom. The number of benzene rings is 3. The first-order chi connectivity index (χ1) is 20.2. The Kier molecular flexibility index (Phi) is 9.28. The van der Waals surface area contributed by atoms with E-state index in [4.69, 9.17) is 10.4 Å². The SMILES string of the molecule is CS(=O)(=O)c1ccc(CN2CCC(C(=Nc3ccc(F)cc3)C(C=N)C(=O)N3CCC(c4ccccc4)C3)CC2)cc1. The van der Waals surface area contributed by atoms with Crippen LogP contribution in [0.25, 0.3) is 0 Å². The maximum Gasteiger partial charge on any atom is 0.236 e. The fourth-order valence-electron chi connectivity index (χ4n) is 6.00. The van der Waals surface area contributed by atoms with Crippen molar-refractivity contribution in [1.82, 2.24) is 9.80 Å². The van der Waals surface area contributed by atoms with Crippen LogP contribution in [-0.4, -0.2) is 68.5 Å². The van der Waals surface area contributed by atoms with E-state index in [1.54, 1.807) is 24.3 Å². The highest BCUT2D eigenvalue weighted by Crippen LogP contribution is 2.31. The second-order valence-corrected chi connectivity index (χ2v) is 13.3. The largest absolute Gasteiger partial charge is 0.341 e. The summed E-state index contributed by atoms with van der Waals surface area (Å²) in [6.45, 7) is 3.51. The Morgan fingerprint density at radius 3 is 2.26 bits per heavy atom. The van der Waals surface area contributed by atoms with Crippen molar-refractivity contribution in [2.24, 2.45) is 16.8 Å². The van der Waals surface area contributed by atoms with Gasteiger partial charge in [0, 0.05) is 49.7 Å². The quantitative estimate of drug-likeness (QED) is 0.334. The highest BCUT2D eigenvalue weighted by atomic mass is 32.2. The number of aliphatic imine (C=N–C) groups is 1. The van der Waals surface area contributed by atoms with Crippen LogP contribution in [0.2, 0.25) is 0 Å². The molecule has 0 saturated carbocycles. The van der Waals surface area contributed by atoms with Crippen molar-refractivity contribution in [3.8, 4) is 0 Å². The highest BCUT2D eigenvalue weighted by molar-refractivity contribution is 7.90. The van der Waals surface area contributed by atoms with Crippen LogP contribution >= 0.6 is 0 Å². The van der Waals surface area contributed by atoms with Crippen LogP contribution in [0.4, 0.5) is 10.1 Å². The number of sulfone groups is 1. The predicted octanol–water partition coefficient (Wildman–Crippen LogP) is 5.50. The lowest BCUT2D eigenvalue weighted by Gasteiger charge is -2.34. The molecule has 2 fully saturated rings. The summed E-state index contributed by atoms with van der Waals surface area (Å²) < 4.78 is 37.2. The molecule has 1 N–H and O–H groups in total. The van der Waals surface area contributed by atoms with Gasteiger partial charge >= 0.3 is 0 Å². The molecule has 3 aromatic carbocycles. The fourth-order valence-corrected chi connectivity index (χ4v) is 6.63. The zero-order chi connectivity index (χ0) is 29.7. The van der Waals surface area contributed by atoms with Crippen molar-refractivity contribution in [1.29, 1.82) is 5.41 Å². The molecule has 0 aliphatic carbocycles. The number of nitrogens with one attached hydrogen (secondary N) is 1. The van der Waals surface area contributed by atoms with Gasteiger partial charge in [0.2, 0.25) is 5.91 Å². The molecule has 0 bridgehead atoms. The third-order valence-electron chi connectivity index (χ3n) is 8.37. The molecule has 5 rings (SSSR count). The topological polar surface area (TPSA) is 93.9 Å². The number of carbonyl (C=O) groups is 1. The number of likely N-dealkylation sites (tertiary alicyclic amines) is 2. The van der Waals surface area contributed by atoms with E-state index < -0.39 is 15.8 Å². The van der Waals surface area contributed by atoms with Gasteiger partial charge in [-0.1, -0.05) is 42.5 Å². The van der Waals surface area contributed by atoms with E-state index in [0.717, 1.165) is 37.9 Å². The maximum absolute atomic E-state index is 13.9. The molecule has 2 aliphatic rings. The molecule has 42 heavy (non-hydrogen) atoms. The number of halogens is 1. The summed E-state index contributed by atoms with van der Waals surface area (Å²) in [6.07, 6.45) is 4.84. The van der Waals surface area contributed by atoms with Gasteiger partial charge in [0.1, 0.15) is 11.7 Å². The molecule has 2 atom stereocenters. The van der Waals surface area contributed by atoms with Crippen molar-refractivity contribution in [2.45, 2.75) is 36.6 Å². The Balaban J connectivity index is 1.31. The lowest BCUT2D eigenvalue weighted by Crippen LogP contribution is -2.44. The summed E-state index contributed by atoms with van der Waals surface area (Å²) in [6, 6.07) is 23.2. The first kappa shape index (κ1) is 29.8. The second-order valence-electron chi connectivity index (χ2n) is 11.3. The summed E-state index contributed by atoms with van der Waals surface area (Å²) in [7, 11) is -3.24. The molecule has 2 aliphatic heterocycles. The molecule has 0 aromatic heterocycles. The fraction of sp³-hybridized carbons (Fsp3) is 0.364. The number of piperidine rings is 1. The molecule has 0 radical (unpaired) electrons. The van der Waals surface area contributed by atoms with Gasteiger partial charge < -0.3 is 10.3 Å². The van der Waals surface area contributed by atoms with Gasteiger partial charge in [-0.25, -0.2) is 12.8 Å². The van der Waals surface area contributed by atoms with Crippen molar-refractivity contribution in [2.75, 3.05) is 32.4 Å². The Hall–Kier alpha value is -3.69. The van der Waals surface area contributed by atoms with Crippen LogP contribution in [0.1, 0.15) is 36.3 Å². The number of amides is 1. The van der Waals surface area contributed by atoms with E-state index in [9.17, 15) is 17.6 Å². The smallest absolute Gasteiger partial charge is 0.236 e. The minimum absolute atomic E-state index is 0.00184. The minimum atomic E-state index is -3.24. The summed E-state index contributed by atoms with van der Waals surface area (Å²) in [5, 5.41) is 8.30. The number of rotatable bonds is 9. The molecular weight excluding hydrogens is 551 g/mol. The Bertz CT molecular complexity index is 1520. The zero-order valence-corrected chi connectivity index (χ0v) is 24.6. The van der Waals surface area contributed by atoms with E-state index >= 15 is 0 Å². The summed E-state index contributed by atoms with van der Waals surface area (Å²) in [5.74, 6) is -0.949. The lowest BCUT2D eigenvalue weighted by molar-refractivity contribution is -0.130. The van der Waals surface area contributed by atoms with E-state index in [2.05, 4.69) is 17.0 Å². The van der Waals surface area contributed by atoms with E-state index in [1.165, 1.54) is 30.2 Å². The number of carbonyl (C=O) groups excluding carboxylic acids is 1. The Morgan fingerprint density at radius 2 is 1.64 bits per heavy atom. The highest BCUT2D eigenvalue weighted by Gasteiger charge is 2.36. The van der Waals surface area contributed by atoms with Gasteiger partial charge in [0.05, 0.1) is 10.6 Å². The van der Waals surface area contributed by atoms with Crippen LogP contribution in [0.15, 0.2) is 88.8 Å². The lowest BCUT2D eigenvalue weighted by atomic mass is 9.84. The van der Waals surface area contributed by atoms with Gasteiger partial charge in [-0.05, 0) is 79.9 Å². The van der Waals surface area contributed by atoms with Crippen LogP contribution in [0.5, 0.6) is 0 Å². The van der Waals surface area contributed by atoms with Gasteiger partial charge in [-0.15, -0.1) is 0 Å². The first-order valence-corrected chi connectivity index (χ1v) is 16.3. The standard InChI is InChI=1S/C33H37FN4O3S/c1-42(40,41)30-13-7-24(8-14-30)22-37-18-15-26(16-19-37)32(36-29-11-9-28(34)10-12-29)31(21-35)33(39)38-20-17-27(23-38)25-5-3-2-4-6-25/h2-14,21,26-27,31,35H,15-20,22-23H2,1H3.